The second kappa shape index (κ2) is 14.6. The summed E-state index contributed by atoms with van der Waals surface area (Å²) in [4.78, 5) is 14.1. The maximum Gasteiger partial charge on any atom is 0.410 e. The predicted molar refractivity (Wildman–Crippen MR) is 130 cm³/mol. The van der Waals surface area contributed by atoms with Crippen molar-refractivity contribution < 1.29 is 9.53 Å². The van der Waals surface area contributed by atoms with Crippen molar-refractivity contribution in [2.45, 2.75) is 86.4 Å². The number of nitrogens with one attached hydrogen (secondary N) is 1. The molecule has 2 heterocycles. The maximum atomic E-state index is 12.3. The average molecular weight is 449 g/mol. The highest BCUT2D eigenvalue weighted by molar-refractivity contribution is 7.79. The molecule has 2 rings (SSSR count). The molecule has 0 spiro atoms. The number of aromatic nitrogens is 1. The molecule has 0 aromatic carbocycles. The topological polar surface area (TPSA) is 84.3 Å². The summed E-state index contributed by atoms with van der Waals surface area (Å²) < 4.78 is 7.35. The Morgan fingerprint density at radius 3 is 2.24 bits per heavy atom. The lowest BCUT2D eigenvalue weighted by atomic mass is 10.2. The quantitative estimate of drug-likeness (QED) is 0.395. The smallest absolute Gasteiger partial charge is 0.410 e. The Bertz CT molecular complexity index is 627. The third-order valence-corrected chi connectivity index (χ3v) is 4.13. The van der Waals surface area contributed by atoms with Gasteiger partial charge in [-0.1, -0.05) is 39.3 Å². The second-order valence-corrected chi connectivity index (χ2v) is 7.39. The zero-order valence-corrected chi connectivity index (χ0v) is 21.2. The van der Waals surface area contributed by atoms with E-state index in [0.717, 1.165) is 18.4 Å². The number of amides is 1. The first kappa shape index (κ1) is 29.9. The number of rotatable bonds is 3. The molecule has 1 aromatic heterocycles. The summed E-state index contributed by atoms with van der Waals surface area (Å²) in [5.74, 6) is 0.471. The summed E-state index contributed by atoms with van der Waals surface area (Å²) in [6, 6.07) is 0.0382. The molecule has 1 amide bonds. The number of hydrogen-bond donors (Lipinski definition) is 3. The van der Waals surface area contributed by atoms with Crippen LogP contribution in [-0.2, 0) is 11.3 Å². The first-order valence-electron chi connectivity index (χ1n) is 10.2. The van der Waals surface area contributed by atoms with Crippen molar-refractivity contribution in [3.8, 4) is 0 Å². The molecule has 3 N–H and O–H groups in total. The van der Waals surface area contributed by atoms with Gasteiger partial charge in [-0.25, -0.2) is 4.79 Å². The second-order valence-electron chi connectivity index (χ2n) is 7.01. The molecule has 1 aliphatic heterocycles. The fourth-order valence-corrected chi connectivity index (χ4v) is 3.21. The van der Waals surface area contributed by atoms with Crippen molar-refractivity contribution in [1.82, 2.24) is 9.47 Å². The Balaban J connectivity index is 0. The molecule has 0 aliphatic carbocycles. The number of ether oxygens (including phenoxy) is 1. The Morgan fingerprint density at radius 2 is 1.83 bits per heavy atom. The monoisotopic (exact) mass is 448 g/mol. The number of anilines is 1. The molecule has 8 heteroatoms. The number of nitrogen functional groups attached to an aromatic ring is 1. The van der Waals surface area contributed by atoms with Gasteiger partial charge in [-0.15, -0.1) is 0 Å². The van der Waals surface area contributed by atoms with Crippen LogP contribution in [0.3, 0.4) is 0 Å². The minimum absolute atomic E-state index is 0.0382. The molecule has 0 bridgehead atoms. The standard InChI is InChI=1S/C16H25ClN4O2.2C2H6.CH4S/c1-10-8-20(14(19)12(10)13(17)18)9-11-6-5-7-21(11)15(22)23-16(2,3)4;3*1-2/h8,11,18H,5-7,9,19H2,1-4H3;2*1-2H3;2H,1H3. The van der Waals surface area contributed by atoms with E-state index in [1.807, 2.05) is 66.2 Å². The highest BCUT2D eigenvalue weighted by Crippen LogP contribution is 2.26. The van der Waals surface area contributed by atoms with Gasteiger partial charge >= 0.3 is 6.09 Å². The summed E-state index contributed by atoms with van der Waals surface area (Å²) in [6.45, 7) is 16.7. The number of hydrogen-bond acceptors (Lipinski definition) is 5. The first-order chi connectivity index (χ1) is 13.6. The van der Waals surface area contributed by atoms with Crippen molar-refractivity contribution in [2.75, 3.05) is 18.5 Å². The molecular formula is C21H41ClN4O2S. The van der Waals surface area contributed by atoms with Crippen LogP contribution in [0, 0.1) is 12.3 Å². The van der Waals surface area contributed by atoms with Crippen molar-refractivity contribution in [3.05, 3.63) is 17.3 Å². The van der Waals surface area contributed by atoms with Crippen LogP contribution in [0.15, 0.2) is 6.20 Å². The van der Waals surface area contributed by atoms with Gasteiger partial charge in [0.25, 0.3) is 0 Å². The van der Waals surface area contributed by atoms with Crippen molar-refractivity contribution in [2.24, 2.45) is 0 Å². The van der Waals surface area contributed by atoms with Crippen molar-refractivity contribution >= 4 is 41.3 Å². The molecule has 1 saturated heterocycles. The molecule has 1 fully saturated rings. The summed E-state index contributed by atoms with van der Waals surface area (Å²) >= 11 is 9.33. The fraction of sp³-hybridized carbons (Fsp3) is 0.714. The number of halogens is 1. The van der Waals surface area contributed by atoms with E-state index in [-0.39, 0.29) is 17.3 Å². The maximum absolute atomic E-state index is 12.3. The minimum Gasteiger partial charge on any atom is -0.444 e. The van der Waals surface area contributed by atoms with E-state index in [4.69, 9.17) is 27.5 Å². The van der Waals surface area contributed by atoms with Gasteiger partial charge in [-0.3, -0.25) is 5.41 Å². The van der Waals surface area contributed by atoms with Gasteiger partial charge in [0.15, 0.2) is 0 Å². The number of carbonyl (C=O) groups is 1. The van der Waals surface area contributed by atoms with Crippen LogP contribution in [0.2, 0.25) is 0 Å². The minimum atomic E-state index is -0.506. The molecule has 1 atom stereocenters. The molecule has 170 valence electrons. The van der Waals surface area contributed by atoms with Crippen molar-refractivity contribution in [1.29, 1.82) is 5.41 Å². The number of nitrogens with zero attached hydrogens (tertiary/aromatic N) is 2. The summed E-state index contributed by atoms with van der Waals surface area (Å²) in [6.07, 6.45) is 5.15. The van der Waals surface area contributed by atoms with Gasteiger partial charge in [-0.05, 0) is 52.4 Å². The largest absolute Gasteiger partial charge is 0.444 e. The lowest BCUT2D eigenvalue weighted by Gasteiger charge is -2.29. The van der Waals surface area contributed by atoms with Gasteiger partial charge in [0.1, 0.15) is 16.6 Å². The van der Waals surface area contributed by atoms with Gasteiger partial charge < -0.3 is 19.9 Å². The predicted octanol–water partition coefficient (Wildman–Crippen LogP) is 5.94. The molecule has 0 radical (unpaired) electrons. The highest BCUT2D eigenvalue weighted by atomic mass is 35.5. The SMILES string of the molecule is CC.CC.CS.Cc1cn(CC2CCCN2C(=O)OC(C)(C)C)c(N)c1C(=N)Cl. The molecule has 1 aliphatic rings. The lowest BCUT2D eigenvalue weighted by Crippen LogP contribution is -2.41. The van der Waals surface area contributed by atoms with E-state index in [1.165, 1.54) is 0 Å². The van der Waals surface area contributed by atoms with Crippen LogP contribution in [0.5, 0.6) is 0 Å². The summed E-state index contributed by atoms with van der Waals surface area (Å²) in [5.41, 5.74) is 7.03. The van der Waals surface area contributed by atoms with Crippen LogP contribution >= 0.6 is 24.2 Å². The Hall–Kier alpha value is -1.34. The van der Waals surface area contributed by atoms with E-state index < -0.39 is 5.60 Å². The van der Waals surface area contributed by atoms with Crippen LogP contribution in [0.25, 0.3) is 0 Å². The van der Waals surface area contributed by atoms with E-state index >= 15 is 0 Å². The Morgan fingerprint density at radius 1 is 1.31 bits per heavy atom. The fourth-order valence-electron chi connectivity index (χ4n) is 2.96. The number of nitrogens with two attached hydrogens (primary N) is 1. The Kier molecular flexibility index (Phi) is 15.0. The summed E-state index contributed by atoms with van der Waals surface area (Å²) in [5, 5.41) is 7.55. The van der Waals surface area contributed by atoms with Crippen molar-refractivity contribution in [3.63, 3.8) is 0 Å². The van der Waals surface area contributed by atoms with Gasteiger partial charge in [0.2, 0.25) is 0 Å². The van der Waals surface area contributed by atoms with E-state index in [9.17, 15) is 4.79 Å². The number of aryl methyl sites for hydroxylation is 1. The van der Waals surface area contributed by atoms with E-state index in [2.05, 4.69) is 12.6 Å². The van der Waals surface area contributed by atoms with E-state index in [0.29, 0.717) is 24.5 Å². The average Bonchev–Trinajstić information content (AvgIpc) is 3.23. The molecule has 1 unspecified atom stereocenters. The number of carbonyl (C=O) groups excluding carboxylic acids is 1. The van der Waals surface area contributed by atoms with Gasteiger partial charge in [0, 0.05) is 19.3 Å². The third-order valence-electron chi connectivity index (χ3n) is 3.94. The van der Waals surface area contributed by atoms with Crippen LogP contribution in [0.1, 0.15) is 72.4 Å². The van der Waals surface area contributed by atoms with Gasteiger partial charge in [-0.2, -0.15) is 12.6 Å². The summed E-state index contributed by atoms with van der Waals surface area (Å²) in [7, 11) is 0. The number of likely N-dealkylation sites (tertiary alicyclic amines) is 1. The zero-order valence-electron chi connectivity index (χ0n) is 19.6. The van der Waals surface area contributed by atoms with Crippen LogP contribution in [0.4, 0.5) is 10.6 Å². The van der Waals surface area contributed by atoms with Crippen LogP contribution in [-0.4, -0.2) is 45.2 Å². The molecule has 1 aromatic rings. The molecular weight excluding hydrogens is 408 g/mol. The Labute approximate surface area is 188 Å². The lowest BCUT2D eigenvalue weighted by molar-refractivity contribution is 0.0214. The zero-order chi connectivity index (χ0) is 23.4. The van der Waals surface area contributed by atoms with E-state index in [1.54, 1.807) is 11.2 Å². The molecule has 0 saturated carbocycles. The highest BCUT2D eigenvalue weighted by Gasteiger charge is 2.32. The third kappa shape index (κ3) is 9.34. The first-order valence-corrected chi connectivity index (χ1v) is 11.5. The molecule has 6 nitrogen and oxygen atoms in total. The number of thiol groups is 1. The normalized spacial score (nSPS) is 15.1. The van der Waals surface area contributed by atoms with Crippen LogP contribution < -0.4 is 5.73 Å². The molecule has 29 heavy (non-hydrogen) atoms. The van der Waals surface area contributed by atoms with Gasteiger partial charge in [0.05, 0.1) is 11.6 Å².